The van der Waals surface area contributed by atoms with Crippen LogP contribution in [0, 0.1) is 35.7 Å². The van der Waals surface area contributed by atoms with Crippen molar-refractivity contribution in [3.8, 4) is 17.6 Å². The number of nitrogens with zero attached hydrogens (tertiary/aromatic N) is 2. The van der Waals surface area contributed by atoms with E-state index in [-0.39, 0.29) is 27.8 Å². The van der Waals surface area contributed by atoms with E-state index in [1.165, 1.54) is 16.2 Å². The third kappa shape index (κ3) is 4.52. The highest BCUT2D eigenvalue weighted by Crippen LogP contribution is 2.40. The summed E-state index contributed by atoms with van der Waals surface area (Å²) in [6.45, 7) is 1.91. The Labute approximate surface area is 190 Å². The molecule has 0 fully saturated rings. The van der Waals surface area contributed by atoms with Gasteiger partial charge in [-0.3, -0.25) is 3.97 Å². The quantitative estimate of drug-likeness (QED) is 0.274. The van der Waals surface area contributed by atoms with Gasteiger partial charge in [-0.2, -0.15) is 9.65 Å². The van der Waals surface area contributed by atoms with E-state index in [4.69, 9.17) is 10.00 Å². The van der Waals surface area contributed by atoms with Gasteiger partial charge in [0.05, 0.1) is 11.1 Å². The molecule has 168 valence electrons. The average Bonchev–Trinajstić information content (AvgIpc) is 3.20. The number of aryl methyl sites for hydroxylation is 1. The minimum absolute atomic E-state index is 0.0615. The molecule has 33 heavy (non-hydrogen) atoms. The Balaban J connectivity index is 1.84. The number of hydrogen-bond donors (Lipinski definition) is 0. The number of halogens is 5. The van der Waals surface area contributed by atoms with Gasteiger partial charge >= 0.3 is 0 Å². The zero-order valence-electron chi connectivity index (χ0n) is 17.1. The van der Waals surface area contributed by atoms with E-state index in [1.54, 1.807) is 18.2 Å². The molecule has 0 radical (unpaired) electrons. The van der Waals surface area contributed by atoms with Gasteiger partial charge in [-0.1, -0.05) is 17.7 Å². The molecule has 1 aromatic heterocycles. The van der Waals surface area contributed by atoms with Crippen LogP contribution in [-0.2, 0) is 6.42 Å². The minimum Gasteiger partial charge on any atom is -0.454 e. The molecule has 0 bridgehead atoms. The van der Waals surface area contributed by atoms with Gasteiger partial charge in [-0.05, 0) is 49.2 Å². The van der Waals surface area contributed by atoms with E-state index in [0.717, 1.165) is 40.6 Å². The molecule has 4 rings (SSSR count). The number of alkyl halides is 2. The van der Waals surface area contributed by atoms with E-state index in [0.29, 0.717) is 0 Å². The Morgan fingerprint density at radius 1 is 1.03 bits per heavy atom. The second-order valence-electron chi connectivity index (χ2n) is 7.19. The van der Waals surface area contributed by atoms with Crippen LogP contribution in [0.15, 0.2) is 59.6 Å². The highest BCUT2D eigenvalue weighted by molar-refractivity contribution is 7.98. The second kappa shape index (κ2) is 9.16. The van der Waals surface area contributed by atoms with Crippen LogP contribution in [0.3, 0.4) is 0 Å². The van der Waals surface area contributed by atoms with Gasteiger partial charge in [0.25, 0.3) is 0 Å². The number of rotatable bonds is 6. The van der Waals surface area contributed by atoms with E-state index < -0.39 is 36.0 Å². The van der Waals surface area contributed by atoms with E-state index >= 15 is 8.78 Å². The number of nitriles is 1. The Hall–Kier alpha value is -3.51. The van der Waals surface area contributed by atoms with Crippen molar-refractivity contribution in [3.63, 3.8) is 0 Å². The minimum atomic E-state index is -2.86. The SMILES string of the molecule is Cc1ccc(Sn2ccc3c(CC(F)F)c(Oc4ccc(F)c(C#N)c4)c(F)c(F)c32)cc1. The lowest BCUT2D eigenvalue weighted by Crippen LogP contribution is -2.05. The first-order valence-electron chi connectivity index (χ1n) is 9.70. The van der Waals surface area contributed by atoms with Crippen LogP contribution in [0.25, 0.3) is 10.9 Å². The van der Waals surface area contributed by atoms with Crippen molar-refractivity contribution in [2.24, 2.45) is 0 Å². The van der Waals surface area contributed by atoms with Gasteiger partial charge in [0, 0.05) is 34.5 Å². The molecular formula is C24H15F5N2OS. The highest BCUT2D eigenvalue weighted by atomic mass is 32.2. The molecule has 0 saturated heterocycles. The van der Waals surface area contributed by atoms with Crippen LogP contribution in [0.4, 0.5) is 22.0 Å². The summed E-state index contributed by atoms with van der Waals surface area (Å²) < 4.78 is 77.4. The fraction of sp³-hybridized carbons (Fsp3) is 0.125. The van der Waals surface area contributed by atoms with Gasteiger partial charge in [0.2, 0.25) is 12.2 Å². The fourth-order valence-corrected chi connectivity index (χ4v) is 4.23. The Morgan fingerprint density at radius 3 is 2.42 bits per heavy atom. The third-order valence-corrected chi connectivity index (χ3v) is 5.90. The Bertz CT molecular complexity index is 1380. The number of aromatic nitrogens is 1. The molecule has 4 aromatic rings. The van der Waals surface area contributed by atoms with Crippen LogP contribution < -0.4 is 4.74 Å². The Morgan fingerprint density at radius 2 is 1.76 bits per heavy atom. The lowest BCUT2D eigenvalue weighted by Gasteiger charge is -2.16. The van der Waals surface area contributed by atoms with Gasteiger partial charge in [-0.25, -0.2) is 17.6 Å². The number of benzene rings is 3. The third-order valence-electron chi connectivity index (χ3n) is 4.91. The Kier molecular flexibility index (Phi) is 6.29. The molecule has 9 heteroatoms. The van der Waals surface area contributed by atoms with Crippen LogP contribution in [0.5, 0.6) is 11.5 Å². The van der Waals surface area contributed by atoms with Crippen molar-refractivity contribution in [1.29, 1.82) is 5.26 Å². The predicted molar refractivity (Wildman–Crippen MR) is 115 cm³/mol. The van der Waals surface area contributed by atoms with Crippen molar-refractivity contribution >= 4 is 22.9 Å². The summed E-state index contributed by atoms with van der Waals surface area (Å²) in [5.74, 6) is -4.47. The van der Waals surface area contributed by atoms with Crippen molar-refractivity contribution in [3.05, 3.63) is 88.9 Å². The maximum absolute atomic E-state index is 15.2. The largest absolute Gasteiger partial charge is 0.454 e. The maximum atomic E-state index is 15.2. The van der Waals surface area contributed by atoms with E-state index in [1.807, 2.05) is 19.1 Å². The van der Waals surface area contributed by atoms with Gasteiger partial charge in [0.1, 0.15) is 17.6 Å². The van der Waals surface area contributed by atoms with Gasteiger partial charge in [-0.15, -0.1) is 0 Å². The van der Waals surface area contributed by atoms with Crippen LogP contribution >= 0.6 is 11.9 Å². The summed E-state index contributed by atoms with van der Waals surface area (Å²) in [7, 11) is 0. The lowest BCUT2D eigenvalue weighted by atomic mass is 10.0. The summed E-state index contributed by atoms with van der Waals surface area (Å²) in [6, 6.07) is 13.3. The van der Waals surface area contributed by atoms with Crippen molar-refractivity contribution in [1.82, 2.24) is 3.97 Å². The van der Waals surface area contributed by atoms with Gasteiger partial charge in [0.15, 0.2) is 11.6 Å². The summed E-state index contributed by atoms with van der Waals surface area (Å²) in [4.78, 5) is 0.740. The molecular weight excluding hydrogens is 459 g/mol. The normalized spacial score (nSPS) is 11.2. The molecule has 0 spiro atoms. The summed E-state index contributed by atoms with van der Waals surface area (Å²) in [6.07, 6.45) is -2.30. The van der Waals surface area contributed by atoms with Gasteiger partial charge < -0.3 is 4.74 Å². The average molecular weight is 474 g/mol. The maximum Gasteiger partial charge on any atom is 0.242 e. The van der Waals surface area contributed by atoms with E-state index in [2.05, 4.69) is 0 Å². The first-order valence-corrected chi connectivity index (χ1v) is 10.5. The van der Waals surface area contributed by atoms with E-state index in [9.17, 15) is 13.2 Å². The molecule has 3 nitrogen and oxygen atoms in total. The molecule has 1 heterocycles. The van der Waals surface area contributed by atoms with Crippen LogP contribution in [0.1, 0.15) is 16.7 Å². The fourth-order valence-electron chi connectivity index (χ4n) is 3.35. The zero-order chi connectivity index (χ0) is 23.7. The standard InChI is InChI=1S/C24H15F5N2OS/c1-13-2-5-16(6-3-13)33-31-9-8-17-18(11-20(26)27)24(22(29)21(28)23(17)31)32-15-4-7-19(25)14(10-15)12-30/h2-10,20H,11H2,1H3. The first kappa shape index (κ1) is 22.7. The van der Waals surface area contributed by atoms with Crippen molar-refractivity contribution in [2.75, 3.05) is 0 Å². The van der Waals surface area contributed by atoms with Crippen LogP contribution in [0.2, 0.25) is 0 Å². The molecule has 0 amide bonds. The second-order valence-corrected chi connectivity index (χ2v) is 8.24. The predicted octanol–water partition coefficient (Wildman–Crippen LogP) is 7.39. The van der Waals surface area contributed by atoms with Crippen molar-refractivity contribution < 1.29 is 26.7 Å². The van der Waals surface area contributed by atoms with Crippen LogP contribution in [-0.4, -0.2) is 10.4 Å². The molecule has 0 aliphatic rings. The summed E-state index contributed by atoms with van der Waals surface area (Å²) in [5.41, 5.74) is 0.212. The molecule has 3 aromatic carbocycles. The monoisotopic (exact) mass is 474 g/mol. The lowest BCUT2D eigenvalue weighted by molar-refractivity contribution is 0.148. The number of fused-ring (bicyclic) bond motifs is 1. The summed E-state index contributed by atoms with van der Waals surface area (Å²) >= 11 is 1.10. The van der Waals surface area contributed by atoms with Crippen molar-refractivity contribution in [2.45, 2.75) is 24.7 Å². The molecule has 0 saturated carbocycles. The molecule has 0 unspecified atom stereocenters. The highest BCUT2D eigenvalue weighted by Gasteiger charge is 2.26. The number of hydrogen-bond acceptors (Lipinski definition) is 3. The molecule has 0 N–H and O–H groups in total. The summed E-state index contributed by atoms with van der Waals surface area (Å²) in [5, 5.41) is 9.04. The first-order chi connectivity index (χ1) is 15.8. The smallest absolute Gasteiger partial charge is 0.242 e. The topological polar surface area (TPSA) is 38.0 Å². The zero-order valence-corrected chi connectivity index (χ0v) is 17.9. The molecule has 0 atom stereocenters. The molecule has 0 aliphatic carbocycles. The molecule has 0 aliphatic heterocycles. The number of ether oxygens (including phenoxy) is 1.